The average molecular weight is 313 g/mol. The largest absolute Gasteiger partial charge is 0.479 e. The first-order chi connectivity index (χ1) is 10.3. The van der Waals surface area contributed by atoms with Crippen LogP contribution in [-0.4, -0.2) is 39.1 Å². The van der Waals surface area contributed by atoms with E-state index in [1.807, 2.05) is 5.48 Å². The van der Waals surface area contributed by atoms with Crippen LogP contribution in [-0.2, 0) is 19.2 Å². The van der Waals surface area contributed by atoms with Gasteiger partial charge < -0.3 is 14.7 Å². The molecule has 0 aliphatic carbocycles. The number of hydrogen-bond acceptors (Lipinski definition) is 9. The van der Waals surface area contributed by atoms with Crippen molar-refractivity contribution in [3.63, 3.8) is 0 Å². The molecule has 0 amide bonds. The van der Waals surface area contributed by atoms with E-state index in [0.717, 1.165) is 12.1 Å². The second kappa shape index (κ2) is 5.61. The highest BCUT2D eigenvalue weighted by Gasteiger charge is 2.52. The van der Waals surface area contributed by atoms with Crippen LogP contribution in [0.1, 0.15) is 0 Å². The van der Waals surface area contributed by atoms with Crippen molar-refractivity contribution >= 4 is 29.0 Å². The van der Waals surface area contributed by atoms with E-state index in [1.165, 1.54) is 0 Å². The summed E-state index contributed by atoms with van der Waals surface area (Å²) in [6.45, 7) is 0. The van der Waals surface area contributed by atoms with Gasteiger partial charge >= 0.3 is 17.6 Å². The number of carboxylic acid groups (broad SMARTS) is 1. The molecule has 12 heteroatoms. The lowest BCUT2D eigenvalue weighted by Crippen LogP contribution is -2.21. The van der Waals surface area contributed by atoms with Gasteiger partial charge in [0.1, 0.15) is 5.69 Å². The number of ether oxygens (including phenoxy) is 1. The quantitative estimate of drug-likeness (QED) is 0.420. The fraction of sp³-hybridized carbons (Fsp3) is 0.200. The summed E-state index contributed by atoms with van der Waals surface area (Å²) in [6.07, 6.45) is -2.62. The molecule has 22 heavy (non-hydrogen) atoms. The standard InChI is InChI=1S/C10H7N3O9/c14-9(15)7-8(21-7)10(16)22-11-5-2-1-4(12(17)18)3-6(5)13(19)20/h1-3,7-8,11H,(H,14,15). The molecule has 1 heterocycles. The van der Waals surface area contributed by atoms with Gasteiger partial charge in [-0.1, -0.05) is 0 Å². The van der Waals surface area contributed by atoms with Crippen LogP contribution in [0, 0.1) is 20.2 Å². The predicted octanol–water partition coefficient (Wildman–Crippen LogP) is 0.225. The smallest absolute Gasteiger partial charge is 0.363 e. The molecule has 1 aromatic carbocycles. The molecule has 116 valence electrons. The number of carbonyl (C=O) groups excluding carboxylic acids is 1. The van der Waals surface area contributed by atoms with Gasteiger partial charge in [-0.15, -0.1) is 0 Å². The molecule has 1 aromatic rings. The van der Waals surface area contributed by atoms with Crippen LogP contribution in [0.15, 0.2) is 18.2 Å². The van der Waals surface area contributed by atoms with Crippen LogP contribution >= 0.6 is 0 Å². The maximum atomic E-state index is 11.4. The van der Waals surface area contributed by atoms with Gasteiger partial charge in [-0.05, 0) is 6.07 Å². The third kappa shape index (κ3) is 3.06. The number of carboxylic acids is 1. The van der Waals surface area contributed by atoms with Crippen LogP contribution in [0.3, 0.4) is 0 Å². The predicted molar refractivity (Wildman–Crippen MR) is 65.8 cm³/mol. The number of nitrogens with one attached hydrogen (secondary N) is 1. The summed E-state index contributed by atoms with van der Waals surface area (Å²) in [7, 11) is 0. The maximum Gasteiger partial charge on any atom is 0.363 e. The molecular formula is C10H7N3O9. The van der Waals surface area contributed by atoms with E-state index >= 15 is 0 Å². The topological polar surface area (TPSA) is 174 Å². The summed E-state index contributed by atoms with van der Waals surface area (Å²) < 4.78 is 4.52. The molecule has 2 rings (SSSR count). The Balaban J connectivity index is 2.07. The molecule has 0 saturated carbocycles. The van der Waals surface area contributed by atoms with Crippen LogP contribution < -0.4 is 5.48 Å². The summed E-state index contributed by atoms with van der Waals surface area (Å²) in [6, 6.07) is 2.63. The third-order valence-corrected chi connectivity index (χ3v) is 2.62. The van der Waals surface area contributed by atoms with Gasteiger partial charge in [-0.3, -0.25) is 20.2 Å². The second-order valence-electron chi connectivity index (χ2n) is 4.05. The summed E-state index contributed by atoms with van der Waals surface area (Å²) in [5, 5.41) is 29.9. The minimum atomic E-state index is -1.34. The van der Waals surface area contributed by atoms with Crippen molar-refractivity contribution in [1.82, 2.24) is 0 Å². The van der Waals surface area contributed by atoms with Crippen LogP contribution in [0.4, 0.5) is 17.1 Å². The van der Waals surface area contributed by atoms with E-state index in [0.29, 0.717) is 6.07 Å². The highest BCUT2D eigenvalue weighted by atomic mass is 16.7. The lowest BCUT2D eigenvalue weighted by Gasteiger charge is -2.06. The van der Waals surface area contributed by atoms with Crippen molar-refractivity contribution in [1.29, 1.82) is 0 Å². The summed E-state index contributed by atoms with van der Waals surface area (Å²) in [5.41, 5.74) is 0.445. The van der Waals surface area contributed by atoms with E-state index < -0.39 is 45.4 Å². The molecule has 2 atom stereocenters. The van der Waals surface area contributed by atoms with Gasteiger partial charge in [0.15, 0.2) is 12.2 Å². The number of non-ortho nitro benzene ring substituents is 1. The molecule has 0 spiro atoms. The first-order valence-electron chi connectivity index (χ1n) is 5.59. The van der Waals surface area contributed by atoms with Crippen LogP contribution in [0.25, 0.3) is 0 Å². The third-order valence-electron chi connectivity index (χ3n) is 2.62. The Morgan fingerprint density at radius 1 is 1.23 bits per heavy atom. The zero-order valence-corrected chi connectivity index (χ0v) is 10.5. The first kappa shape index (κ1) is 15.1. The SMILES string of the molecule is O=C(O)C1OC1C(=O)ONc1ccc([N+](=O)[O-])cc1[N+](=O)[O-]. The highest BCUT2D eigenvalue weighted by molar-refractivity contribution is 5.89. The monoisotopic (exact) mass is 313 g/mol. The fourth-order valence-electron chi connectivity index (χ4n) is 1.51. The van der Waals surface area contributed by atoms with Crippen molar-refractivity contribution in [2.24, 2.45) is 0 Å². The molecular weight excluding hydrogens is 306 g/mol. The molecule has 1 aliphatic heterocycles. The number of nitrogens with zero attached hydrogens (tertiary/aromatic N) is 2. The Hall–Kier alpha value is -3.28. The van der Waals surface area contributed by atoms with Gasteiger partial charge in [0.25, 0.3) is 5.69 Å². The molecule has 2 N–H and O–H groups in total. The summed E-state index contributed by atoms with van der Waals surface area (Å²) in [5.74, 6) is -2.43. The molecule has 0 aromatic heterocycles. The normalized spacial score (nSPS) is 19.1. The minimum absolute atomic E-state index is 0.309. The number of aliphatic carboxylic acids is 1. The van der Waals surface area contributed by atoms with E-state index in [4.69, 9.17) is 5.11 Å². The lowest BCUT2D eigenvalue weighted by molar-refractivity contribution is -0.393. The number of epoxide rings is 1. The minimum Gasteiger partial charge on any atom is -0.479 e. The van der Waals surface area contributed by atoms with E-state index in [9.17, 15) is 29.8 Å². The highest BCUT2D eigenvalue weighted by Crippen LogP contribution is 2.29. The molecule has 2 unspecified atom stereocenters. The van der Waals surface area contributed by atoms with Gasteiger partial charge in [-0.2, -0.15) is 0 Å². The average Bonchev–Trinajstić information content (AvgIpc) is 3.24. The number of hydrogen-bond donors (Lipinski definition) is 2. The molecule has 12 nitrogen and oxygen atoms in total. The Bertz CT molecular complexity index is 674. The molecule has 0 radical (unpaired) electrons. The van der Waals surface area contributed by atoms with Crippen molar-refractivity contribution in [3.05, 3.63) is 38.4 Å². The number of rotatable bonds is 6. The zero-order valence-electron chi connectivity index (χ0n) is 10.5. The summed E-state index contributed by atoms with van der Waals surface area (Å²) in [4.78, 5) is 46.0. The van der Waals surface area contributed by atoms with Crippen LogP contribution in [0.5, 0.6) is 0 Å². The van der Waals surface area contributed by atoms with Crippen molar-refractivity contribution in [2.75, 3.05) is 5.48 Å². The first-order valence-corrected chi connectivity index (χ1v) is 5.59. The maximum absolute atomic E-state index is 11.4. The van der Waals surface area contributed by atoms with E-state index in [2.05, 4.69) is 9.57 Å². The Kier molecular flexibility index (Phi) is 3.85. The van der Waals surface area contributed by atoms with E-state index in [1.54, 1.807) is 0 Å². The summed E-state index contributed by atoms with van der Waals surface area (Å²) >= 11 is 0. The Morgan fingerprint density at radius 3 is 2.41 bits per heavy atom. The second-order valence-corrected chi connectivity index (χ2v) is 4.05. The Morgan fingerprint density at radius 2 is 1.91 bits per heavy atom. The van der Waals surface area contributed by atoms with Crippen LogP contribution in [0.2, 0.25) is 0 Å². The molecule has 1 saturated heterocycles. The van der Waals surface area contributed by atoms with Crippen molar-refractivity contribution in [3.8, 4) is 0 Å². The van der Waals surface area contributed by atoms with E-state index in [-0.39, 0.29) is 5.69 Å². The number of nitro groups is 2. The van der Waals surface area contributed by atoms with Gasteiger partial charge in [0.05, 0.1) is 15.9 Å². The lowest BCUT2D eigenvalue weighted by atomic mass is 10.2. The van der Waals surface area contributed by atoms with Crippen molar-refractivity contribution < 1.29 is 34.1 Å². The van der Waals surface area contributed by atoms with Gasteiger partial charge in [0, 0.05) is 6.07 Å². The Labute approximate surface area is 120 Å². The fourth-order valence-corrected chi connectivity index (χ4v) is 1.51. The number of carbonyl (C=O) groups is 2. The number of nitro benzene ring substituents is 2. The van der Waals surface area contributed by atoms with Crippen molar-refractivity contribution in [2.45, 2.75) is 12.2 Å². The number of benzene rings is 1. The van der Waals surface area contributed by atoms with Gasteiger partial charge in [0.2, 0.25) is 0 Å². The molecule has 0 bridgehead atoms. The molecule has 1 aliphatic rings. The molecule has 1 fully saturated rings. The zero-order chi connectivity index (χ0) is 16.4. The number of anilines is 1. The van der Waals surface area contributed by atoms with Gasteiger partial charge in [-0.25, -0.2) is 15.1 Å².